The van der Waals surface area contributed by atoms with Gasteiger partial charge in [0.2, 0.25) is 5.91 Å². The molecular formula is C27H36F3N3O3. The van der Waals surface area contributed by atoms with E-state index in [0.29, 0.717) is 49.8 Å². The van der Waals surface area contributed by atoms with E-state index in [1.165, 1.54) is 0 Å². The van der Waals surface area contributed by atoms with Crippen molar-refractivity contribution in [2.45, 2.75) is 51.6 Å². The Morgan fingerprint density at radius 1 is 1.22 bits per heavy atom. The Bertz CT molecular complexity index is 1070. The van der Waals surface area contributed by atoms with Gasteiger partial charge in [-0.1, -0.05) is 6.92 Å². The Hall–Kier alpha value is -2.26. The molecule has 0 unspecified atom stereocenters. The van der Waals surface area contributed by atoms with Gasteiger partial charge in [0.15, 0.2) is 0 Å². The lowest BCUT2D eigenvalue weighted by Gasteiger charge is -2.44. The fourth-order valence-corrected chi connectivity index (χ4v) is 6.97. The van der Waals surface area contributed by atoms with Crippen LogP contribution in [-0.4, -0.2) is 59.9 Å². The molecule has 2 saturated carbocycles. The van der Waals surface area contributed by atoms with E-state index in [2.05, 4.69) is 17.2 Å². The number of aromatic amines is 1. The summed E-state index contributed by atoms with van der Waals surface area (Å²) >= 11 is 0. The minimum atomic E-state index is -4.12. The Balaban J connectivity index is 1.09. The highest BCUT2D eigenvalue weighted by Gasteiger charge is 2.44. The number of hydrogen-bond donors (Lipinski definition) is 3. The quantitative estimate of drug-likeness (QED) is 0.436. The first kappa shape index (κ1) is 25.4. The van der Waals surface area contributed by atoms with Crippen LogP contribution in [0.4, 0.5) is 18.9 Å². The second-order valence-electron chi connectivity index (χ2n) is 11.7. The molecule has 9 heteroatoms. The van der Waals surface area contributed by atoms with E-state index in [0.717, 1.165) is 54.4 Å². The normalized spacial score (nSPS) is 30.4. The molecule has 3 aliphatic rings. The van der Waals surface area contributed by atoms with E-state index in [-0.39, 0.29) is 17.9 Å². The average Bonchev–Trinajstić information content (AvgIpc) is 3.44. The van der Waals surface area contributed by atoms with E-state index in [4.69, 9.17) is 4.74 Å². The predicted molar refractivity (Wildman–Crippen MR) is 132 cm³/mol. The summed E-state index contributed by atoms with van der Waals surface area (Å²) in [5.41, 5.74) is 1.60. The molecule has 2 aromatic rings. The molecule has 1 amide bonds. The summed E-state index contributed by atoms with van der Waals surface area (Å²) in [6.45, 7) is 3.17. The van der Waals surface area contributed by atoms with Gasteiger partial charge < -0.3 is 20.1 Å². The lowest BCUT2D eigenvalue weighted by molar-refractivity contribution is -0.144. The third-order valence-electron chi connectivity index (χ3n) is 8.46. The van der Waals surface area contributed by atoms with Gasteiger partial charge in [-0.05, 0) is 79.4 Å². The van der Waals surface area contributed by atoms with Crippen LogP contribution >= 0.6 is 0 Å². The molecule has 6 nitrogen and oxygen atoms in total. The summed E-state index contributed by atoms with van der Waals surface area (Å²) in [7, 11) is 0. The minimum Gasteiger partial charge on any atom is -0.494 e. The number of likely N-dealkylation sites (tertiary alicyclic amines) is 1. The Morgan fingerprint density at radius 3 is 2.61 bits per heavy atom. The first-order valence-electron chi connectivity index (χ1n) is 13.0. The van der Waals surface area contributed by atoms with Crippen molar-refractivity contribution >= 4 is 22.5 Å². The SMILES string of the molecule is C[C@]1(CC(=O)Nc2c[nH]c3ccc(OCC[C@@H]4C[C@@H]5CN(CC(F)(F)F)C[C@@H]5C4)cc23)C[C@@H](CO)C1. The number of carbonyl (C=O) groups excluding carboxylic acids is 1. The Kier molecular flexibility index (Phi) is 6.98. The van der Waals surface area contributed by atoms with Crippen molar-refractivity contribution in [2.75, 3.05) is 38.2 Å². The third kappa shape index (κ3) is 5.83. The van der Waals surface area contributed by atoms with Crippen molar-refractivity contribution in [3.63, 3.8) is 0 Å². The van der Waals surface area contributed by atoms with E-state index in [1.807, 2.05) is 18.2 Å². The number of aliphatic hydroxyl groups is 1. The summed E-state index contributed by atoms with van der Waals surface area (Å²) in [5, 5.41) is 13.2. The van der Waals surface area contributed by atoms with Gasteiger partial charge in [-0.15, -0.1) is 0 Å². The lowest BCUT2D eigenvalue weighted by atomic mass is 9.62. The maximum absolute atomic E-state index is 12.7. The summed E-state index contributed by atoms with van der Waals surface area (Å²) in [6.07, 6.45) is 2.71. The first-order valence-corrected chi connectivity index (χ1v) is 13.0. The highest BCUT2D eigenvalue weighted by molar-refractivity contribution is 6.02. The molecule has 0 spiro atoms. The van der Waals surface area contributed by atoms with Crippen molar-refractivity contribution in [3.8, 4) is 5.75 Å². The minimum absolute atomic E-state index is 0.0262. The monoisotopic (exact) mass is 507 g/mol. The number of alkyl halides is 3. The number of ether oxygens (including phenoxy) is 1. The molecule has 3 fully saturated rings. The van der Waals surface area contributed by atoms with Crippen molar-refractivity contribution in [1.29, 1.82) is 0 Å². The molecule has 0 radical (unpaired) electrons. The number of fused-ring (bicyclic) bond motifs is 2. The van der Waals surface area contributed by atoms with Gasteiger partial charge in [0, 0.05) is 43.2 Å². The van der Waals surface area contributed by atoms with Crippen LogP contribution in [-0.2, 0) is 4.79 Å². The molecule has 5 rings (SSSR count). The average molecular weight is 508 g/mol. The fraction of sp³-hybridized carbons (Fsp3) is 0.667. The van der Waals surface area contributed by atoms with Crippen LogP contribution in [0.5, 0.6) is 5.75 Å². The zero-order valence-electron chi connectivity index (χ0n) is 20.7. The second kappa shape index (κ2) is 9.89. The number of rotatable bonds is 9. The molecule has 36 heavy (non-hydrogen) atoms. The highest BCUT2D eigenvalue weighted by Crippen LogP contribution is 2.48. The van der Waals surface area contributed by atoms with E-state index >= 15 is 0 Å². The smallest absolute Gasteiger partial charge is 0.401 e. The van der Waals surface area contributed by atoms with Crippen LogP contribution in [0.15, 0.2) is 24.4 Å². The molecule has 1 aliphatic heterocycles. The number of anilines is 1. The summed E-state index contributed by atoms with van der Waals surface area (Å²) in [5.74, 6) is 2.26. The number of carbonyl (C=O) groups is 1. The molecule has 0 bridgehead atoms. The Morgan fingerprint density at radius 2 is 1.94 bits per heavy atom. The Labute approximate surface area is 209 Å². The van der Waals surface area contributed by atoms with Gasteiger partial charge >= 0.3 is 6.18 Å². The molecule has 1 saturated heterocycles. The van der Waals surface area contributed by atoms with E-state index < -0.39 is 12.7 Å². The lowest BCUT2D eigenvalue weighted by Crippen LogP contribution is -2.39. The fourth-order valence-electron chi connectivity index (χ4n) is 6.97. The zero-order valence-corrected chi connectivity index (χ0v) is 20.7. The summed E-state index contributed by atoms with van der Waals surface area (Å²) in [4.78, 5) is 17.4. The number of nitrogens with one attached hydrogen (secondary N) is 2. The predicted octanol–water partition coefficient (Wildman–Crippen LogP) is 5.19. The number of H-pyrrole nitrogens is 1. The van der Waals surface area contributed by atoms with Crippen molar-refractivity contribution in [1.82, 2.24) is 9.88 Å². The van der Waals surface area contributed by atoms with E-state index in [9.17, 15) is 23.1 Å². The van der Waals surface area contributed by atoms with Gasteiger partial charge in [-0.25, -0.2) is 0 Å². The van der Waals surface area contributed by atoms with Crippen molar-refractivity contribution < 1.29 is 27.8 Å². The van der Waals surface area contributed by atoms with Gasteiger partial charge in [-0.2, -0.15) is 13.2 Å². The molecule has 198 valence electrons. The van der Waals surface area contributed by atoms with Gasteiger partial charge in [-0.3, -0.25) is 9.69 Å². The number of halogens is 3. The van der Waals surface area contributed by atoms with Gasteiger partial charge in [0.25, 0.3) is 0 Å². The molecule has 3 atom stereocenters. The summed E-state index contributed by atoms with van der Waals surface area (Å²) < 4.78 is 44.0. The number of amides is 1. The van der Waals surface area contributed by atoms with Crippen LogP contribution < -0.4 is 10.1 Å². The third-order valence-corrected chi connectivity index (χ3v) is 8.46. The highest BCUT2D eigenvalue weighted by atomic mass is 19.4. The zero-order chi connectivity index (χ0) is 25.5. The number of nitrogens with zero attached hydrogens (tertiary/aromatic N) is 1. The standard InChI is InChI=1S/C27H36F3N3O3/c1-26(9-18(10-26)15-34)11-25(35)32-24-12-31-23-3-2-21(8-22(23)24)36-5-4-17-6-19-13-33(14-20(19)7-17)16-27(28,29)30/h2-3,8,12,17-20,31,34H,4-7,9-11,13-16H2,1H3,(H,32,35)/t17-,18-,19-,20+,26+. The summed E-state index contributed by atoms with van der Waals surface area (Å²) in [6, 6.07) is 5.79. The molecule has 2 aliphatic carbocycles. The van der Waals surface area contributed by atoms with Crippen LogP contribution in [0.1, 0.15) is 45.4 Å². The molecule has 2 heterocycles. The van der Waals surface area contributed by atoms with Crippen molar-refractivity contribution in [3.05, 3.63) is 24.4 Å². The molecule has 1 aromatic carbocycles. The number of aromatic nitrogens is 1. The van der Waals surface area contributed by atoms with Crippen LogP contribution in [0.2, 0.25) is 0 Å². The van der Waals surface area contributed by atoms with Crippen LogP contribution in [0.3, 0.4) is 0 Å². The first-order chi connectivity index (χ1) is 17.1. The van der Waals surface area contributed by atoms with Crippen molar-refractivity contribution in [2.24, 2.45) is 29.1 Å². The molecule has 3 N–H and O–H groups in total. The number of benzene rings is 1. The van der Waals surface area contributed by atoms with Crippen LogP contribution in [0, 0.1) is 29.1 Å². The maximum atomic E-state index is 12.7. The molecule has 1 aromatic heterocycles. The molecular weight excluding hydrogens is 471 g/mol. The van der Waals surface area contributed by atoms with E-state index in [1.54, 1.807) is 11.1 Å². The number of hydrogen-bond acceptors (Lipinski definition) is 4. The second-order valence-corrected chi connectivity index (χ2v) is 11.7. The van der Waals surface area contributed by atoms with Crippen LogP contribution in [0.25, 0.3) is 10.9 Å². The number of aliphatic hydroxyl groups excluding tert-OH is 1. The largest absolute Gasteiger partial charge is 0.494 e. The maximum Gasteiger partial charge on any atom is 0.401 e. The van der Waals surface area contributed by atoms with Gasteiger partial charge in [0.1, 0.15) is 5.75 Å². The topological polar surface area (TPSA) is 77.6 Å². The van der Waals surface area contributed by atoms with Gasteiger partial charge in [0.05, 0.1) is 18.8 Å².